The molecule has 2 aromatic rings. The Morgan fingerprint density at radius 2 is 1.92 bits per heavy atom. The van der Waals surface area contributed by atoms with Crippen molar-refractivity contribution in [3.05, 3.63) is 42.2 Å². The van der Waals surface area contributed by atoms with Gasteiger partial charge in [0, 0.05) is 12.0 Å². The average Bonchev–Trinajstić information content (AvgIpc) is 2.63. The molecule has 1 N–H and O–H groups in total. The molecule has 1 aromatic heterocycles. The molecule has 24 heavy (non-hydrogen) atoms. The number of amides is 1. The van der Waals surface area contributed by atoms with Crippen molar-refractivity contribution < 1.29 is 4.79 Å². The van der Waals surface area contributed by atoms with Crippen molar-refractivity contribution in [1.29, 1.82) is 0 Å². The van der Waals surface area contributed by atoms with E-state index >= 15 is 0 Å². The summed E-state index contributed by atoms with van der Waals surface area (Å²) in [4.78, 5) is 21.5. The number of hydrogen-bond donors (Lipinski definition) is 1. The van der Waals surface area contributed by atoms with Crippen molar-refractivity contribution in [2.24, 2.45) is 5.92 Å². The zero-order valence-corrected chi connectivity index (χ0v) is 14.3. The van der Waals surface area contributed by atoms with Crippen LogP contribution in [0.3, 0.4) is 0 Å². The Hall–Kier alpha value is -2.23. The van der Waals surface area contributed by atoms with Gasteiger partial charge in [0.25, 0.3) is 0 Å². The fourth-order valence-corrected chi connectivity index (χ4v) is 3.36. The van der Waals surface area contributed by atoms with Crippen LogP contribution in [0.15, 0.2) is 36.5 Å². The van der Waals surface area contributed by atoms with Crippen LogP contribution in [0.25, 0.3) is 11.3 Å². The van der Waals surface area contributed by atoms with E-state index in [0.29, 0.717) is 18.2 Å². The number of carbonyl (C=O) groups excluding carboxylic acids is 1. The molecular formula is C20H25N3O. The third-order valence-corrected chi connectivity index (χ3v) is 4.71. The minimum absolute atomic E-state index is 0.0679. The second kappa shape index (κ2) is 8.04. The smallest absolute Gasteiger partial charge is 0.225 e. The Balaban J connectivity index is 1.70. The standard InChI is InChI=1S/C20H25N3O/c1-2-17-20(23-19(24)13-15-9-5-3-6-10-15)21-14-18(22-17)16-11-7-4-8-12-16/h4,7-8,11-12,14-15H,2-3,5-6,9-10,13H2,1H3,(H,21,23,24). The summed E-state index contributed by atoms with van der Waals surface area (Å²) in [7, 11) is 0. The molecule has 0 spiro atoms. The molecule has 4 nitrogen and oxygen atoms in total. The highest BCUT2D eigenvalue weighted by atomic mass is 16.1. The molecule has 0 bridgehead atoms. The Bertz CT molecular complexity index is 679. The van der Waals surface area contributed by atoms with E-state index in [9.17, 15) is 4.79 Å². The lowest BCUT2D eigenvalue weighted by molar-refractivity contribution is -0.117. The molecule has 1 amide bonds. The Kier molecular flexibility index (Phi) is 5.57. The second-order valence-corrected chi connectivity index (χ2v) is 6.53. The van der Waals surface area contributed by atoms with Gasteiger partial charge in [0.1, 0.15) is 0 Å². The lowest BCUT2D eigenvalue weighted by Crippen LogP contribution is -2.20. The molecule has 1 fully saturated rings. The number of nitrogens with one attached hydrogen (secondary N) is 1. The highest BCUT2D eigenvalue weighted by Crippen LogP contribution is 2.27. The van der Waals surface area contributed by atoms with E-state index in [1.54, 1.807) is 6.20 Å². The first-order chi connectivity index (χ1) is 11.8. The first-order valence-electron chi connectivity index (χ1n) is 8.97. The third-order valence-electron chi connectivity index (χ3n) is 4.71. The lowest BCUT2D eigenvalue weighted by Gasteiger charge is -2.21. The fourth-order valence-electron chi connectivity index (χ4n) is 3.36. The van der Waals surface area contributed by atoms with Crippen LogP contribution in [-0.4, -0.2) is 15.9 Å². The summed E-state index contributed by atoms with van der Waals surface area (Å²) in [6.45, 7) is 2.04. The van der Waals surface area contributed by atoms with Gasteiger partial charge in [-0.3, -0.25) is 4.79 Å². The molecule has 1 aliphatic rings. The van der Waals surface area contributed by atoms with Gasteiger partial charge < -0.3 is 5.32 Å². The quantitative estimate of drug-likeness (QED) is 0.874. The van der Waals surface area contributed by atoms with E-state index in [1.807, 2.05) is 37.3 Å². The van der Waals surface area contributed by atoms with Crippen LogP contribution in [0.2, 0.25) is 0 Å². The molecule has 0 unspecified atom stereocenters. The molecule has 3 rings (SSSR count). The molecule has 1 saturated carbocycles. The Morgan fingerprint density at radius 3 is 2.62 bits per heavy atom. The van der Waals surface area contributed by atoms with Crippen molar-refractivity contribution >= 4 is 11.7 Å². The maximum atomic E-state index is 12.3. The highest BCUT2D eigenvalue weighted by Gasteiger charge is 2.18. The molecule has 1 aliphatic carbocycles. The minimum atomic E-state index is 0.0679. The van der Waals surface area contributed by atoms with Gasteiger partial charge in [-0.2, -0.15) is 0 Å². The maximum Gasteiger partial charge on any atom is 0.225 e. The van der Waals surface area contributed by atoms with E-state index in [0.717, 1.165) is 23.4 Å². The molecule has 0 saturated heterocycles. The van der Waals surface area contributed by atoms with E-state index in [2.05, 4.69) is 15.3 Å². The number of rotatable bonds is 5. The van der Waals surface area contributed by atoms with Gasteiger partial charge in [-0.05, 0) is 25.2 Å². The van der Waals surface area contributed by atoms with Crippen LogP contribution in [0.1, 0.15) is 51.1 Å². The summed E-state index contributed by atoms with van der Waals surface area (Å²) < 4.78 is 0. The summed E-state index contributed by atoms with van der Waals surface area (Å²) in [6.07, 6.45) is 9.25. The van der Waals surface area contributed by atoms with Crippen LogP contribution < -0.4 is 5.32 Å². The van der Waals surface area contributed by atoms with Crippen molar-refractivity contribution in [3.8, 4) is 11.3 Å². The molecule has 4 heteroatoms. The topological polar surface area (TPSA) is 54.9 Å². The number of hydrogen-bond acceptors (Lipinski definition) is 3. The fraction of sp³-hybridized carbons (Fsp3) is 0.450. The molecule has 0 aliphatic heterocycles. The van der Waals surface area contributed by atoms with Gasteiger partial charge >= 0.3 is 0 Å². The Labute approximate surface area is 143 Å². The molecular weight excluding hydrogens is 298 g/mol. The summed E-state index contributed by atoms with van der Waals surface area (Å²) in [5.41, 5.74) is 2.73. The van der Waals surface area contributed by atoms with Crippen LogP contribution in [0.4, 0.5) is 5.82 Å². The van der Waals surface area contributed by atoms with Gasteiger partial charge in [-0.25, -0.2) is 9.97 Å². The number of nitrogens with zero attached hydrogens (tertiary/aromatic N) is 2. The predicted molar refractivity (Wildman–Crippen MR) is 96.7 cm³/mol. The SMILES string of the molecule is CCc1nc(-c2ccccc2)cnc1NC(=O)CC1CCCCC1. The molecule has 0 atom stereocenters. The molecule has 1 aromatic carbocycles. The van der Waals surface area contributed by atoms with Gasteiger partial charge in [0.2, 0.25) is 5.91 Å². The normalized spacial score (nSPS) is 15.2. The van der Waals surface area contributed by atoms with Gasteiger partial charge in [-0.1, -0.05) is 56.5 Å². The Morgan fingerprint density at radius 1 is 1.17 bits per heavy atom. The van der Waals surface area contributed by atoms with E-state index in [1.165, 1.54) is 32.1 Å². The van der Waals surface area contributed by atoms with Gasteiger partial charge in [-0.15, -0.1) is 0 Å². The monoisotopic (exact) mass is 323 g/mol. The first-order valence-corrected chi connectivity index (χ1v) is 8.97. The highest BCUT2D eigenvalue weighted by molar-refractivity contribution is 5.90. The number of aryl methyl sites for hydroxylation is 1. The molecule has 126 valence electrons. The van der Waals surface area contributed by atoms with Crippen LogP contribution in [-0.2, 0) is 11.2 Å². The van der Waals surface area contributed by atoms with E-state index in [-0.39, 0.29) is 5.91 Å². The minimum Gasteiger partial charge on any atom is -0.309 e. The predicted octanol–water partition coefficient (Wildman–Crippen LogP) is 4.61. The van der Waals surface area contributed by atoms with Crippen LogP contribution in [0.5, 0.6) is 0 Å². The molecule has 0 radical (unpaired) electrons. The lowest BCUT2D eigenvalue weighted by atomic mass is 9.87. The second-order valence-electron chi connectivity index (χ2n) is 6.53. The van der Waals surface area contributed by atoms with Gasteiger partial charge in [0.15, 0.2) is 5.82 Å². The van der Waals surface area contributed by atoms with Crippen LogP contribution >= 0.6 is 0 Å². The number of benzene rings is 1. The average molecular weight is 323 g/mol. The summed E-state index contributed by atoms with van der Waals surface area (Å²) >= 11 is 0. The van der Waals surface area contributed by atoms with E-state index in [4.69, 9.17) is 0 Å². The van der Waals surface area contributed by atoms with Crippen molar-refractivity contribution in [1.82, 2.24) is 9.97 Å². The maximum absolute atomic E-state index is 12.3. The first kappa shape index (κ1) is 16.6. The van der Waals surface area contributed by atoms with Gasteiger partial charge in [0.05, 0.1) is 17.6 Å². The van der Waals surface area contributed by atoms with Crippen LogP contribution in [0, 0.1) is 5.92 Å². The third kappa shape index (κ3) is 4.19. The van der Waals surface area contributed by atoms with Crippen molar-refractivity contribution in [3.63, 3.8) is 0 Å². The zero-order chi connectivity index (χ0) is 16.8. The zero-order valence-electron chi connectivity index (χ0n) is 14.3. The number of carbonyl (C=O) groups is 1. The number of aromatic nitrogens is 2. The summed E-state index contributed by atoms with van der Waals surface area (Å²) in [6, 6.07) is 10.00. The largest absolute Gasteiger partial charge is 0.309 e. The van der Waals surface area contributed by atoms with Crippen molar-refractivity contribution in [2.75, 3.05) is 5.32 Å². The summed E-state index contributed by atoms with van der Waals surface area (Å²) in [5, 5.41) is 2.97. The van der Waals surface area contributed by atoms with E-state index < -0.39 is 0 Å². The summed E-state index contributed by atoms with van der Waals surface area (Å²) in [5.74, 6) is 1.21. The molecule has 1 heterocycles. The van der Waals surface area contributed by atoms with Crippen molar-refractivity contribution in [2.45, 2.75) is 51.9 Å². The number of anilines is 1.